The van der Waals surface area contributed by atoms with Gasteiger partial charge < -0.3 is 39.7 Å². The first-order chi connectivity index (χ1) is 19.4. The van der Waals surface area contributed by atoms with Crippen molar-refractivity contribution >= 4 is 35.8 Å². The molecule has 0 spiro atoms. The molecule has 0 unspecified atom stereocenters. The minimum Gasteiger partial charge on any atom is -0.445 e. The lowest BCUT2D eigenvalue weighted by Crippen LogP contribution is -2.58. The van der Waals surface area contributed by atoms with Gasteiger partial charge in [0.2, 0.25) is 11.8 Å². The zero-order valence-electron chi connectivity index (χ0n) is 23.7. The molecular formula is C27H38N6O8. The van der Waals surface area contributed by atoms with Crippen molar-refractivity contribution in [2.45, 2.75) is 33.0 Å². The molecule has 2 aliphatic rings. The van der Waals surface area contributed by atoms with Crippen LogP contribution in [0.25, 0.3) is 0 Å². The fraction of sp³-hybridized carbons (Fsp3) is 0.556. The van der Waals surface area contributed by atoms with E-state index >= 15 is 0 Å². The summed E-state index contributed by atoms with van der Waals surface area (Å²) < 4.78 is 10.4. The summed E-state index contributed by atoms with van der Waals surface area (Å²) in [6.07, 6.45) is -1.21. The molecule has 2 heterocycles. The predicted molar refractivity (Wildman–Crippen MR) is 145 cm³/mol. The second-order valence-corrected chi connectivity index (χ2v) is 10.6. The van der Waals surface area contributed by atoms with Crippen molar-refractivity contribution in [2.75, 3.05) is 65.4 Å². The first-order valence-corrected chi connectivity index (χ1v) is 13.5. The van der Waals surface area contributed by atoms with E-state index in [9.17, 15) is 28.8 Å². The van der Waals surface area contributed by atoms with Crippen molar-refractivity contribution in [3.63, 3.8) is 0 Å². The van der Waals surface area contributed by atoms with Crippen LogP contribution in [0, 0.1) is 0 Å². The van der Waals surface area contributed by atoms with Gasteiger partial charge in [-0.25, -0.2) is 9.59 Å². The van der Waals surface area contributed by atoms with E-state index < -0.39 is 35.5 Å². The lowest BCUT2D eigenvalue weighted by Gasteiger charge is -2.38. The summed E-state index contributed by atoms with van der Waals surface area (Å²) in [4.78, 5) is 79.8. The number of alkyl carbamates (subject to hydrolysis) is 1. The molecule has 0 aromatic heterocycles. The first-order valence-electron chi connectivity index (χ1n) is 13.5. The van der Waals surface area contributed by atoms with Crippen LogP contribution in [0.2, 0.25) is 0 Å². The normalized spacial score (nSPS) is 15.6. The number of hydrogen-bond donors (Lipinski definition) is 2. The molecule has 41 heavy (non-hydrogen) atoms. The molecule has 2 fully saturated rings. The number of ether oxygens (including phenoxy) is 2. The van der Waals surface area contributed by atoms with Gasteiger partial charge in [0.25, 0.3) is 0 Å². The van der Waals surface area contributed by atoms with Gasteiger partial charge in [-0.05, 0) is 26.3 Å². The van der Waals surface area contributed by atoms with E-state index in [1.807, 2.05) is 18.2 Å². The van der Waals surface area contributed by atoms with Gasteiger partial charge in [0, 0.05) is 52.4 Å². The van der Waals surface area contributed by atoms with Crippen molar-refractivity contribution in [3.05, 3.63) is 35.9 Å². The Labute approximate surface area is 238 Å². The van der Waals surface area contributed by atoms with Gasteiger partial charge in [-0.2, -0.15) is 0 Å². The number of nitrogens with one attached hydrogen (secondary N) is 2. The average Bonchev–Trinajstić information content (AvgIpc) is 2.96. The Bertz CT molecular complexity index is 1110. The van der Waals surface area contributed by atoms with Crippen LogP contribution >= 0.6 is 0 Å². The number of carbonyl (C=O) groups is 6. The van der Waals surface area contributed by atoms with Crippen molar-refractivity contribution in [3.8, 4) is 0 Å². The maximum Gasteiger partial charge on any atom is 0.410 e. The molecule has 2 aliphatic heterocycles. The van der Waals surface area contributed by atoms with E-state index in [2.05, 4.69) is 10.6 Å². The number of amides is 6. The second kappa shape index (κ2) is 14.3. The number of benzene rings is 1. The SMILES string of the molecule is CC(C)(C)OC(=O)N1CCN(C(=O)C(=O)N2CCN([13C](=O)[13CH2]N[13C](=O)[13CH2][15NH]C(=O)OCc3ccccc3)CC2)CC1. The van der Waals surface area contributed by atoms with Gasteiger partial charge in [0.15, 0.2) is 0 Å². The lowest BCUT2D eigenvalue weighted by molar-refractivity contribution is -0.154. The van der Waals surface area contributed by atoms with E-state index in [4.69, 9.17) is 9.47 Å². The van der Waals surface area contributed by atoms with Crippen LogP contribution in [0.1, 0.15) is 26.3 Å². The summed E-state index contributed by atoms with van der Waals surface area (Å²) in [5.74, 6) is -2.19. The van der Waals surface area contributed by atoms with Gasteiger partial charge in [-0.1, -0.05) is 30.3 Å². The standard InChI is InChI=1S/C27H38N6O8/c1-27(2,3)41-26(39)33-15-13-32(14-16-33)24(37)23(36)31-11-9-30(10-12-31)22(35)18-28-21(34)17-29-25(38)40-19-20-7-5-4-6-8-20/h4-8H,9-19H2,1-3H3,(H,28,34)(H,29,38)/i17+1,18+1,21+1,22+1,29+1. The Morgan fingerprint density at radius 2 is 1.22 bits per heavy atom. The molecule has 2 N–H and O–H groups in total. The number of nitrogens with zero attached hydrogens (tertiary/aromatic N) is 4. The minimum atomic E-state index is -0.754. The van der Waals surface area contributed by atoms with Crippen LogP contribution in [-0.4, -0.2) is 126 Å². The summed E-state index contributed by atoms with van der Waals surface area (Å²) in [5, 5.41) is 4.77. The summed E-state index contributed by atoms with van der Waals surface area (Å²) in [7, 11) is 0. The van der Waals surface area contributed by atoms with E-state index in [0.717, 1.165) is 5.56 Å². The van der Waals surface area contributed by atoms with Crippen LogP contribution < -0.4 is 10.6 Å². The van der Waals surface area contributed by atoms with Crippen molar-refractivity contribution in [1.82, 2.24) is 30.2 Å². The van der Waals surface area contributed by atoms with Gasteiger partial charge in [-0.3, -0.25) is 19.2 Å². The largest absolute Gasteiger partial charge is 0.445 e. The van der Waals surface area contributed by atoms with Crippen molar-refractivity contribution in [2.24, 2.45) is 0 Å². The highest BCUT2D eigenvalue weighted by atomic mass is 16.6. The molecule has 1 aromatic rings. The lowest BCUT2D eigenvalue weighted by atomic mass is 10.2. The van der Waals surface area contributed by atoms with Crippen LogP contribution in [0.3, 0.4) is 0 Å². The molecule has 6 amide bonds. The molecule has 3 rings (SSSR count). The van der Waals surface area contributed by atoms with Crippen molar-refractivity contribution in [1.29, 1.82) is 0 Å². The second-order valence-electron chi connectivity index (χ2n) is 10.6. The van der Waals surface area contributed by atoms with Gasteiger partial charge in [0.1, 0.15) is 18.8 Å². The Morgan fingerprint density at radius 3 is 1.76 bits per heavy atom. The Morgan fingerprint density at radius 1 is 0.707 bits per heavy atom. The third kappa shape index (κ3) is 9.96. The van der Waals surface area contributed by atoms with E-state index in [-0.39, 0.29) is 78.0 Å². The number of carbonyl (C=O) groups excluding carboxylic acids is 6. The van der Waals surface area contributed by atoms with Crippen LogP contribution in [0.15, 0.2) is 30.3 Å². The van der Waals surface area contributed by atoms with Gasteiger partial charge in [-0.15, -0.1) is 0 Å². The zero-order chi connectivity index (χ0) is 30.0. The molecule has 0 saturated carbocycles. The zero-order valence-corrected chi connectivity index (χ0v) is 23.7. The van der Waals surface area contributed by atoms with Crippen LogP contribution in [0.5, 0.6) is 0 Å². The molecule has 0 atom stereocenters. The van der Waals surface area contributed by atoms with Gasteiger partial charge in [0.05, 0.1) is 6.54 Å². The molecule has 0 bridgehead atoms. The number of rotatable bonds is 6. The molecule has 0 radical (unpaired) electrons. The van der Waals surface area contributed by atoms with Crippen LogP contribution in [-0.2, 0) is 35.3 Å². The average molecular weight is 580 g/mol. The highest BCUT2D eigenvalue weighted by Gasteiger charge is 2.34. The summed E-state index contributed by atoms with van der Waals surface area (Å²) in [6, 6.07) is 9.08. The van der Waals surface area contributed by atoms with E-state index in [0.29, 0.717) is 0 Å². The fourth-order valence-electron chi connectivity index (χ4n) is 4.12. The quantitative estimate of drug-likeness (QED) is 0.266. The molecule has 0 aliphatic carbocycles. The minimum absolute atomic E-state index is 0.0671. The molecule has 14 nitrogen and oxygen atoms in total. The smallest absolute Gasteiger partial charge is 0.410 e. The maximum absolute atomic E-state index is 12.8. The van der Waals surface area contributed by atoms with Gasteiger partial charge >= 0.3 is 24.0 Å². The highest BCUT2D eigenvalue weighted by Crippen LogP contribution is 2.13. The molecule has 1 aromatic carbocycles. The Kier molecular flexibility index (Phi) is 10.9. The topological polar surface area (TPSA) is 158 Å². The third-order valence-electron chi connectivity index (χ3n) is 6.36. The monoisotopic (exact) mass is 579 g/mol. The molecular weight excluding hydrogens is 541 g/mol. The maximum atomic E-state index is 12.8. The predicted octanol–water partition coefficient (Wildman–Crippen LogP) is -0.221. The van der Waals surface area contributed by atoms with Crippen molar-refractivity contribution < 1.29 is 38.2 Å². The Hall–Kier alpha value is -4.36. The third-order valence-corrected chi connectivity index (χ3v) is 6.36. The summed E-state index contributed by atoms with van der Waals surface area (Å²) in [6.45, 7) is 6.55. The molecule has 2 saturated heterocycles. The van der Waals surface area contributed by atoms with E-state index in [1.54, 1.807) is 32.9 Å². The first kappa shape index (κ1) is 31.2. The Balaban J connectivity index is 1.31. The van der Waals surface area contributed by atoms with Crippen LogP contribution in [0.4, 0.5) is 9.59 Å². The summed E-state index contributed by atoms with van der Waals surface area (Å²) >= 11 is 0. The highest BCUT2D eigenvalue weighted by molar-refractivity contribution is 6.35. The number of piperazine rings is 2. The van der Waals surface area contributed by atoms with E-state index in [1.165, 1.54) is 19.6 Å². The summed E-state index contributed by atoms with van der Waals surface area (Å²) in [5.41, 5.74) is 0.187. The molecule has 224 valence electrons. The fourth-order valence-corrected chi connectivity index (χ4v) is 4.12. The molecule has 14 heteroatoms. The number of hydrogen-bond acceptors (Lipinski definition) is 8.